The van der Waals surface area contributed by atoms with Crippen LogP contribution in [0, 0.1) is 0 Å². The molecular weight excluding hydrogens is 256 g/mol. The van der Waals surface area contributed by atoms with E-state index in [1.165, 1.54) is 16.3 Å². The average molecular weight is 275 g/mol. The number of benzene rings is 2. The normalized spacial score (nSPS) is 13.3. The highest BCUT2D eigenvalue weighted by Crippen LogP contribution is 2.20. The molecule has 0 N–H and O–H groups in total. The van der Waals surface area contributed by atoms with Gasteiger partial charge in [0.25, 0.3) is 0 Å². The molecule has 1 atom stereocenters. The number of rotatable bonds is 3. The highest BCUT2D eigenvalue weighted by molar-refractivity contribution is 6.95. The lowest BCUT2D eigenvalue weighted by Gasteiger charge is -2.25. The molecule has 0 spiro atoms. The van der Waals surface area contributed by atoms with Crippen molar-refractivity contribution in [2.45, 2.75) is 25.0 Å². The standard InChI is InChI=1S/C16H19ClSi/c1-13(17)18(2,3)16-11-9-15(10-12-16)14-7-5-4-6-8-14/h4-13H,1-3H3. The molecule has 1 unspecified atom stereocenters. The molecule has 0 saturated heterocycles. The Hall–Kier alpha value is -1.05. The number of alkyl halides is 1. The zero-order valence-corrected chi connectivity index (χ0v) is 12.9. The lowest BCUT2D eigenvalue weighted by atomic mass is 10.1. The zero-order valence-electron chi connectivity index (χ0n) is 11.2. The fourth-order valence-electron chi connectivity index (χ4n) is 1.95. The van der Waals surface area contributed by atoms with E-state index in [9.17, 15) is 0 Å². The molecule has 0 aliphatic rings. The quantitative estimate of drug-likeness (QED) is 0.574. The fraction of sp³-hybridized carbons (Fsp3) is 0.250. The summed E-state index contributed by atoms with van der Waals surface area (Å²) in [6.45, 7) is 6.75. The molecule has 0 nitrogen and oxygen atoms in total. The van der Waals surface area contributed by atoms with Crippen LogP contribution in [0.5, 0.6) is 0 Å². The van der Waals surface area contributed by atoms with Gasteiger partial charge in [-0.15, -0.1) is 11.6 Å². The van der Waals surface area contributed by atoms with E-state index in [2.05, 4.69) is 68.5 Å². The minimum atomic E-state index is -1.52. The monoisotopic (exact) mass is 274 g/mol. The first kappa shape index (κ1) is 13.4. The highest BCUT2D eigenvalue weighted by atomic mass is 35.5. The summed E-state index contributed by atoms with van der Waals surface area (Å²) in [6.07, 6.45) is 0. The van der Waals surface area contributed by atoms with Gasteiger partial charge in [-0.1, -0.05) is 79.8 Å². The summed E-state index contributed by atoms with van der Waals surface area (Å²) in [6, 6.07) is 19.4. The summed E-state index contributed by atoms with van der Waals surface area (Å²) in [5, 5.41) is 1.67. The topological polar surface area (TPSA) is 0 Å². The van der Waals surface area contributed by atoms with Gasteiger partial charge in [-0.2, -0.15) is 0 Å². The van der Waals surface area contributed by atoms with E-state index >= 15 is 0 Å². The van der Waals surface area contributed by atoms with Crippen LogP contribution in [-0.2, 0) is 0 Å². The van der Waals surface area contributed by atoms with Gasteiger partial charge in [0.1, 0.15) is 0 Å². The summed E-state index contributed by atoms with van der Waals surface area (Å²) in [4.78, 5) is 0. The second kappa shape index (κ2) is 5.29. The maximum absolute atomic E-state index is 6.32. The molecule has 0 saturated carbocycles. The van der Waals surface area contributed by atoms with E-state index in [4.69, 9.17) is 11.6 Å². The SMILES string of the molecule is CC(Cl)[Si](C)(C)c1ccc(-c2ccccc2)cc1. The molecule has 0 fully saturated rings. The van der Waals surface area contributed by atoms with Crippen molar-refractivity contribution in [2.24, 2.45) is 0 Å². The molecule has 0 aromatic heterocycles. The molecular formula is C16H19ClSi. The Morgan fingerprint density at radius 3 is 1.83 bits per heavy atom. The van der Waals surface area contributed by atoms with Crippen LogP contribution in [0.25, 0.3) is 11.1 Å². The van der Waals surface area contributed by atoms with E-state index < -0.39 is 8.07 Å². The van der Waals surface area contributed by atoms with Gasteiger partial charge in [-0.05, 0) is 11.1 Å². The number of halogens is 1. The first-order chi connectivity index (χ1) is 8.51. The Balaban J connectivity index is 2.32. The Morgan fingerprint density at radius 2 is 1.33 bits per heavy atom. The maximum atomic E-state index is 6.32. The van der Waals surface area contributed by atoms with Crippen LogP contribution in [0.4, 0.5) is 0 Å². The summed E-state index contributed by atoms with van der Waals surface area (Å²) in [5.74, 6) is 0. The van der Waals surface area contributed by atoms with Crippen molar-refractivity contribution in [3.8, 4) is 11.1 Å². The Morgan fingerprint density at radius 1 is 0.833 bits per heavy atom. The first-order valence-electron chi connectivity index (χ1n) is 6.32. The lowest BCUT2D eigenvalue weighted by Crippen LogP contribution is -2.48. The van der Waals surface area contributed by atoms with Crippen molar-refractivity contribution in [1.82, 2.24) is 0 Å². The molecule has 0 bridgehead atoms. The minimum absolute atomic E-state index is 0.250. The van der Waals surface area contributed by atoms with E-state index in [1.54, 1.807) is 0 Å². The summed E-state index contributed by atoms with van der Waals surface area (Å²) >= 11 is 6.32. The van der Waals surface area contributed by atoms with Gasteiger partial charge in [-0.3, -0.25) is 0 Å². The number of hydrogen-bond acceptors (Lipinski definition) is 0. The molecule has 18 heavy (non-hydrogen) atoms. The Labute approximate surface area is 116 Å². The van der Waals surface area contributed by atoms with Crippen molar-refractivity contribution < 1.29 is 0 Å². The molecule has 0 radical (unpaired) electrons. The summed E-state index contributed by atoms with van der Waals surface area (Å²) in [5.41, 5.74) is 2.54. The molecule has 0 amide bonds. The smallest absolute Gasteiger partial charge is 0.0993 e. The maximum Gasteiger partial charge on any atom is 0.0993 e. The lowest BCUT2D eigenvalue weighted by molar-refractivity contribution is 1.29. The van der Waals surface area contributed by atoms with Crippen molar-refractivity contribution in [1.29, 1.82) is 0 Å². The Kier molecular flexibility index (Phi) is 3.93. The highest BCUT2D eigenvalue weighted by Gasteiger charge is 2.28. The van der Waals surface area contributed by atoms with E-state index in [1.807, 2.05) is 6.07 Å². The van der Waals surface area contributed by atoms with Crippen LogP contribution in [-0.4, -0.2) is 13.1 Å². The second-order valence-corrected chi connectivity index (χ2v) is 11.2. The Bertz CT molecular complexity index is 500. The summed E-state index contributed by atoms with van der Waals surface area (Å²) < 4.78 is 0. The van der Waals surface area contributed by atoms with Gasteiger partial charge >= 0.3 is 0 Å². The molecule has 0 aliphatic heterocycles. The predicted molar refractivity (Wildman–Crippen MR) is 84.3 cm³/mol. The molecule has 2 aromatic carbocycles. The van der Waals surface area contributed by atoms with Crippen molar-refractivity contribution >= 4 is 24.9 Å². The van der Waals surface area contributed by atoms with Crippen LogP contribution in [0.15, 0.2) is 54.6 Å². The van der Waals surface area contributed by atoms with E-state index in [-0.39, 0.29) is 5.00 Å². The van der Waals surface area contributed by atoms with Crippen molar-refractivity contribution in [3.63, 3.8) is 0 Å². The van der Waals surface area contributed by atoms with Gasteiger partial charge in [0.2, 0.25) is 0 Å². The number of hydrogen-bond donors (Lipinski definition) is 0. The van der Waals surface area contributed by atoms with Crippen LogP contribution in [0.3, 0.4) is 0 Å². The van der Waals surface area contributed by atoms with Crippen LogP contribution >= 0.6 is 11.6 Å². The van der Waals surface area contributed by atoms with Gasteiger partial charge in [0.05, 0.1) is 8.07 Å². The van der Waals surface area contributed by atoms with Gasteiger partial charge in [0.15, 0.2) is 0 Å². The van der Waals surface area contributed by atoms with Crippen molar-refractivity contribution in [3.05, 3.63) is 54.6 Å². The molecule has 2 rings (SSSR count). The van der Waals surface area contributed by atoms with E-state index in [0.29, 0.717) is 0 Å². The third kappa shape index (κ3) is 2.68. The van der Waals surface area contributed by atoms with Gasteiger partial charge in [-0.25, -0.2) is 0 Å². The molecule has 2 heteroatoms. The van der Waals surface area contributed by atoms with Crippen LogP contribution < -0.4 is 5.19 Å². The van der Waals surface area contributed by atoms with Crippen LogP contribution in [0.1, 0.15) is 6.92 Å². The van der Waals surface area contributed by atoms with Crippen molar-refractivity contribution in [2.75, 3.05) is 0 Å². The minimum Gasteiger partial charge on any atom is -0.126 e. The molecule has 94 valence electrons. The third-order valence-corrected chi connectivity index (χ3v) is 9.18. The van der Waals surface area contributed by atoms with Crippen LogP contribution in [0.2, 0.25) is 13.1 Å². The van der Waals surface area contributed by atoms with Gasteiger partial charge < -0.3 is 0 Å². The third-order valence-electron chi connectivity index (χ3n) is 3.73. The molecule has 2 aromatic rings. The second-order valence-electron chi connectivity index (χ2n) is 5.28. The average Bonchev–Trinajstić information content (AvgIpc) is 2.40. The molecule has 0 aliphatic carbocycles. The fourth-order valence-corrected chi connectivity index (χ4v) is 3.82. The van der Waals surface area contributed by atoms with E-state index in [0.717, 1.165) is 0 Å². The summed E-state index contributed by atoms with van der Waals surface area (Å²) in [7, 11) is -1.52. The zero-order chi connectivity index (χ0) is 13.2. The molecule has 0 heterocycles. The van der Waals surface area contributed by atoms with Gasteiger partial charge in [0, 0.05) is 5.00 Å². The largest absolute Gasteiger partial charge is 0.126 e. The predicted octanol–water partition coefficient (Wildman–Crippen LogP) is 4.44. The first-order valence-corrected chi connectivity index (χ1v) is 9.83.